The van der Waals surface area contributed by atoms with E-state index in [1.54, 1.807) is 0 Å². The quantitative estimate of drug-likeness (QED) is 0.543. The van der Waals surface area contributed by atoms with Gasteiger partial charge in [-0.1, -0.05) is 44.2 Å². The molecule has 1 N–H and O–H groups in total. The minimum Gasteiger partial charge on any atom is -0.349 e. The first-order valence-corrected chi connectivity index (χ1v) is 11.9. The number of nitrogens with one attached hydrogen (secondary N) is 1. The van der Waals surface area contributed by atoms with Crippen LogP contribution in [0.1, 0.15) is 49.6 Å². The van der Waals surface area contributed by atoms with Gasteiger partial charge in [0.1, 0.15) is 5.82 Å². The van der Waals surface area contributed by atoms with E-state index in [1.165, 1.54) is 17.7 Å². The minimum absolute atomic E-state index is 0.0231. The smallest absolute Gasteiger partial charge is 0.234 e. The first kappa shape index (κ1) is 23.2. The predicted molar refractivity (Wildman–Crippen MR) is 129 cm³/mol. The Bertz CT molecular complexity index is 1040. The van der Waals surface area contributed by atoms with Crippen LogP contribution >= 0.6 is 0 Å². The van der Waals surface area contributed by atoms with E-state index in [9.17, 15) is 9.18 Å². The van der Waals surface area contributed by atoms with Gasteiger partial charge in [0.2, 0.25) is 5.91 Å². The van der Waals surface area contributed by atoms with E-state index in [4.69, 9.17) is 5.10 Å². The van der Waals surface area contributed by atoms with Crippen molar-refractivity contribution in [1.29, 1.82) is 0 Å². The van der Waals surface area contributed by atoms with Crippen molar-refractivity contribution in [3.63, 3.8) is 0 Å². The molecule has 1 aliphatic rings. The number of benzene rings is 2. The summed E-state index contributed by atoms with van der Waals surface area (Å²) in [5.74, 6) is 0.781. The van der Waals surface area contributed by atoms with Crippen molar-refractivity contribution in [1.82, 2.24) is 20.0 Å². The summed E-state index contributed by atoms with van der Waals surface area (Å²) in [5.41, 5.74) is 4.25. The van der Waals surface area contributed by atoms with Crippen LogP contribution in [0, 0.1) is 11.7 Å². The van der Waals surface area contributed by atoms with Crippen LogP contribution in [0.25, 0.3) is 5.69 Å². The third-order valence-electron chi connectivity index (χ3n) is 6.21. The molecule has 0 radical (unpaired) electrons. The van der Waals surface area contributed by atoms with Gasteiger partial charge in [-0.15, -0.1) is 0 Å². The molecule has 4 rings (SSSR count). The average Bonchev–Trinajstić information content (AvgIpc) is 3.21. The zero-order valence-corrected chi connectivity index (χ0v) is 19.5. The third kappa shape index (κ3) is 6.29. The van der Waals surface area contributed by atoms with Crippen molar-refractivity contribution in [2.75, 3.05) is 19.6 Å². The van der Waals surface area contributed by atoms with Crippen LogP contribution < -0.4 is 5.32 Å². The van der Waals surface area contributed by atoms with Crippen molar-refractivity contribution in [2.24, 2.45) is 5.92 Å². The average molecular weight is 449 g/mol. The summed E-state index contributed by atoms with van der Waals surface area (Å²) >= 11 is 0. The van der Waals surface area contributed by atoms with Crippen LogP contribution in [0.3, 0.4) is 0 Å². The Morgan fingerprint density at radius 1 is 1.09 bits per heavy atom. The number of hydrogen-bond donors (Lipinski definition) is 1. The number of halogens is 1. The first-order valence-electron chi connectivity index (χ1n) is 11.9. The lowest BCUT2D eigenvalue weighted by Crippen LogP contribution is -2.41. The molecule has 2 aromatic carbocycles. The fourth-order valence-corrected chi connectivity index (χ4v) is 4.53. The zero-order chi connectivity index (χ0) is 23.2. The highest BCUT2D eigenvalue weighted by atomic mass is 19.1. The molecule has 5 nitrogen and oxygen atoms in total. The van der Waals surface area contributed by atoms with Crippen LogP contribution in [0.4, 0.5) is 4.39 Å². The highest BCUT2D eigenvalue weighted by Gasteiger charge is 2.22. The lowest BCUT2D eigenvalue weighted by Gasteiger charge is -2.31. The van der Waals surface area contributed by atoms with Gasteiger partial charge in [-0.05, 0) is 80.1 Å². The minimum atomic E-state index is -0.196. The summed E-state index contributed by atoms with van der Waals surface area (Å²) in [6.07, 6.45) is 2.90. The lowest BCUT2D eigenvalue weighted by molar-refractivity contribution is -0.122. The Labute approximate surface area is 195 Å². The SMILES string of the molecule is CC(C)Cc1cc(CNC(=O)CN2CCC(c3ccc(F)cc3)CC2)nn1-c1ccccc1. The summed E-state index contributed by atoms with van der Waals surface area (Å²) in [4.78, 5) is 14.8. The number of aromatic nitrogens is 2. The number of hydrogen-bond acceptors (Lipinski definition) is 3. The maximum Gasteiger partial charge on any atom is 0.234 e. The number of carbonyl (C=O) groups excluding carboxylic acids is 1. The van der Waals surface area contributed by atoms with Gasteiger partial charge >= 0.3 is 0 Å². The Kier molecular flexibility index (Phi) is 7.55. The van der Waals surface area contributed by atoms with E-state index >= 15 is 0 Å². The number of rotatable bonds is 8. The van der Waals surface area contributed by atoms with Crippen LogP contribution in [0.2, 0.25) is 0 Å². The van der Waals surface area contributed by atoms with E-state index in [-0.39, 0.29) is 11.7 Å². The number of likely N-dealkylation sites (tertiary alicyclic amines) is 1. The molecule has 174 valence electrons. The second-order valence-corrected chi connectivity index (χ2v) is 9.35. The van der Waals surface area contributed by atoms with Crippen molar-refractivity contribution in [2.45, 2.75) is 45.6 Å². The lowest BCUT2D eigenvalue weighted by atomic mass is 9.89. The molecule has 0 spiro atoms. The van der Waals surface area contributed by atoms with Gasteiger partial charge in [-0.3, -0.25) is 9.69 Å². The molecule has 33 heavy (non-hydrogen) atoms. The molecule has 2 heterocycles. The van der Waals surface area contributed by atoms with Gasteiger partial charge in [0.25, 0.3) is 0 Å². The molecule has 3 aromatic rings. The number of para-hydroxylation sites is 1. The normalized spacial score (nSPS) is 15.2. The molecule has 0 atom stereocenters. The summed E-state index contributed by atoms with van der Waals surface area (Å²) in [7, 11) is 0. The van der Waals surface area contributed by atoms with E-state index in [2.05, 4.69) is 42.3 Å². The molecule has 0 saturated carbocycles. The summed E-state index contributed by atoms with van der Waals surface area (Å²) in [6.45, 7) is 6.96. The monoisotopic (exact) mass is 448 g/mol. The molecular weight excluding hydrogens is 415 g/mol. The number of nitrogens with zero attached hydrogens (tertiary/aromatic N) is 3. The van der Waals surface area contributed by atoms with E-state index in [0.29, 0.717) is 24.9 Å². The van der Waals surface area contributed by atoms with Gasteiger partial charge in [0.15, 0.2) is 0 Å². The van der Waals surface area contributed by atoms with Crippen LogP contribution in [0.5, 0.6) is 0 Å². The van der Waals surface area contributed by atoms with E-state index < -0.39 is 0 Å². The topological polar surface area (TPSA) is 50.2 Å². The fraction of sp³-hybridized carbons (Fsp3) is 0.407. The molecule has 0 bridgehead atoms. The number of piperidine rings is 1. The molecule has 1 amide bonds. The van der Waals surface area contributed by atoms with Crippen molar-refractivity contribution in [3.05, 3.63) is 83.4 Å². The predicted octanol–water partition coefficient (Wildman–Crippen LogP) is 4.71. The van der Waals surface area contributed by atoms with E-state index in [1.807, 2.05) is 35.0 Å². The second kappa shape index (κ2) is 10.8. The third-order valence-corrected chi connectivity index (χ3v) is 6.21. The van der Waals surface area contributed by atoms with Gasteiger partial charge in [-0.25, -0.2) is 9.07 Å². The van der Waals surface area contributed by atoms with Gasteiger partial charge < -0.3 is 5.32 Å². The first-order chi connectivity index (χ1) is 16.0. The standard InChI is InChI=1S/C27H33FN4O/c1-20(2)16-26-17-24(30-32(26)25-6-4-3-5-7-25)18-29-27(33)19-31-14-12-22(13-15-31)21-8-10-23(28)11-9-21/h3-11,17,20,22H,12-16,18-19H2,1-2H3,(H,29,33). The Morgan fingerprint density at radius 2 is 1.79 bits per heavy atom. The summed E-state index contributed by atoms with van der Waals surface area (Å²) in [6, 6.07) is 19.0. The van der Waals surface area contributed by atoms with Gasteiger partial charge in [0.05, 0.1) is 24.5 Å². The Hall–Kier alpha value is -2.99. The van der Waals surface area contributed by atoms with Gasteiger partial charge in [-0.2, -0.15) is 5.10 Å². The van der Waals surface area contributed by atoms with Crippen molar-refractivity contribution in [3.8, 4) is 5.69 Å². The molecule has 0 aliphatic carbocycles. The second-order valence-electron chi connectivity index (χ2n) is 9.35. The Balaban J connectivity index is 1.29. The molecule has 0 unspecified atom stereocenters. The van der Waals surface area contributed by atoms with Crippen LogP contribution in [-0.4, -0.2) is 40.2 Å². The molecule has 1 aromatic heterocycles. The largest absolute Gasteiger partial charge is 0.349 e. The molecule has 1 aliphatic heterocycles. The van der Waals surface area contributed by atoms with E-state index in [0.717, 1.165) is 49.4 Å². The highest BCUT2D eigenvalue weighted by Crippen LogP contribution is 2.28. The Morgan fingerprint density at radius 3 is 2.45 bits per heavy atom. The molecule has 1 fully saturated rings. The molecular formula is C27H33FN4O. The highest BCUT2D eigenvalue weighted by molar-refractivity contribution is 5.78. The van der Waals surface area contributed by atoms with Crippen LogP contribution in [-0.2, 0) is 17.8 Å². The van der Waals surface area contributed by atoms with Gasteiger partial charge in [0, 0.05) is 5.69 Å². The molecule has 6 heteroatoms. The summed E-state index contributed by atoms with van der Waals surface area (Å²) in [5, 5.41) is 7.81. The zero-order valence-electron chi connectivity index (χ0n) is 19.5. The van der Waals surface area contributed by atoms with Crippen molar-refractivity contribution >= 4 is 5.91 Å². The summed E-state index contributed by atoms with van der Waals surface area (Å²) < 4.78 is 15.1. The number of carbonyl (C=O) groups is 1. The fourth-order valence-electron chi connectivity index (χ4n) is 4.53. The maximum atomic E-state index is 13.2. The molecule has 1 saturated heterocycles. The van der Waals surface area contributed by atoms with Crippen molar-refractivity contribution < 1.29 is 9.18 Å². The maximum absolute atomic E-state index is 13.2. The van der Waals surface area contributed by atoms with Crippen LogP contribution in [0.15, 0.2) is 60.7 Å². The number of amides is 1.